The van der Waals surface area contributed by atoms with Crippen molar-refractivity contribution in [2.75, 3.05) is 64.4 Å². The fourth-order valence-electron chi connectivity index (χ4n) is 4.30. The molecular weight excluding hydrogens is 364 g/mol. The predicted molar refractivity (Wildman–Crippen MR) is 120 cm³/mol. The molecule has 1 aromatic heterocycles. The second-order valence-corrected chi connectivity index (χ2v) is 8.14. The smallest absolute Gasteiger partial charge is 0.193 e. The molecule has 0 saturated carbocycles. The Morgan fingerprint density at radius 3 is 2.86 bits per heavy atom. The number of nitrogens with one attached hydrogen (secondary N) is 1. The van der Waals surface area contributed by atoms with Crippen LogP contribution in [-0.2, 0) is 11.3 Å². The molecule has 0 aliphatic carbocycles. The summed E-state index contributed by atoms with van der Waals surface area (Å²) in [5.41, 5.74) is 1.23. The van der Waals surface area contributed by atoms with Crippen LogP contribution in [0.4, 0.5) is 5.82 Å². The first-order valence-corrected chi connectivity index (χ1v) is 11.1. The summed E-state index contributed by atoms with van der Waals surface area (Å²) in [6, 6.07) is 4.27. The number of morpholine rings is 1. The minimum Gasteiger partial charge on any atom is -0.375 e. The summed E-state index contributed by atoms with van der Waals surface area (Å²) in [7, 11) is 1.88. The zero-order valence-corrected chi connectivity index (χ0v) is 18.6. The van der Waals surface area contributed by atoms with E-state index in [4.69, 9.17) is 4.74 Å². The molecule has 0 radical (unpaired) electrons. The second-order valence-electron chi connectivity index (χ2n) is 8.14. The van der Waals surface area contributed by atoms with Gasteiger partial charge in [-0.3, -0.25) is 4.99 Å². The number of guanidine groups is 1. The van der Waals surface area contributed by atoms with E-state index in [1.165, 1.54) is 18.5 Å². The molecule has 29 heavy (non-hydrogen) atoms. The van der Waals surface area contributed by atoms with E-state index in [1.54, 1.807) is 0 Å². The Morgan fingerprint density at radius 2 is 2.14 bits per heavy atom. The molecule has 3 rings (SSSR count). The first kappa shape index (κ1) is 21.8. The van der Waals surface area contributed by atoms with Crippen molar-refractivity contribution in [1.82, 2.24) is 20.1 Å². The Labute approximate surface area is 176 Å². The molecule has 7 nitrogen and oxygen atoms in total. The summed E-state index contributed by atoms with van der Waals surface area (Å²) < 4.78 is 5.65. The van der Waals surface area contributed by atoms with E-state index in [-0.39, 0.29) is 6.10 Å². The van der Waals surface area contributed by atoms with Crippen molar-refractivity contribution in [2.45, 2.75) is 39.8 Å². The highest BCUT2D eigenvalue weighted by molar-refractivity contribution is 5.80. The average Bonchev–Trinajstić information content (AvgIpc) is 3.21. The largest absolute Gasteiger partial charge is 0.375 e. The number of ether oxygens (including phenoxy) is 1. The van der Waals surface area contributed by atoms with Gasteiger partial charge in [-0.1, -0.05) is 13.8 Å². The number of nitrogens with zero attached hydrogens (tertiary/aromatic N) is 5. The van der Waals surface area contributed by atoms with E-state index < -0.39 is 0 Å². The van der Waals surface area contributed by atoms with Crippen molar-refractivity contribution in [3.05, 3.63) is 23.9 Å². The molecule has 3 heterocycles. The Hall–Kier alpha value is -1.86. The summed E-state index contributed by atoms with van der Waals surface area (Å²) >= 11 is 0. The van der Waals surface area contributed by atoms with Gasteiger partial charge in [0.1, 0.15) is 5.82 Å². The van der Waals surface area contributed by atoms with E-state index in [9.17, 15) is 0 Å². The fraction of sp³-hybridized carbons (Fsp3) is 0.727. The van der Waals surface area contributed by atoms with Gasteiger partial charge in [-0.15, -0.1) is 0 Å². The number of aromatic nitrogens is 1. The van der Waals surface area contributed by atoms with Gasteiger partial charge in [-0.25, -0.2) is 4.98 Å². The monoisotopic (exact) mass is 402 g/mol. The number of rotatable bonds is 7. The molecule has 1 aromatic rings. The molecule has 0 bridgehead atoms. The van der Waals surface area contributed by atoms with Crippen LogP contribution in [0.1, 0.15) is 32.8 Å². The van der Waals surface area contributed by atoms with Crippen molar-refractivity contribution in [2.24, 2.45) is 10.9 Å². The predicted octanol–water partition coefficient (Wildman–Crippen LogP) is 2.05. The topological polar surface area (TPSA) is 56.2 Å². The highest BCUT2D eigenvalue weighted by atomic mass is 16.5. The Kier molecular flexibility index (Phi) is 8.12. The third kappa shape index (κ3) is 6.06. The third-order valence-corrected chi connectivity index (χ3v) is 6.03. The van der Waals surface area contributed by atoms with Crippen LogP contribution in [0.3, 0.4) is 0 Å². The van der Waals surface area contributed by atoms with Crippen molar-refractivity contribution < 1.29 is 4.74 Å². The van der Waals surface area contributed by atoms with Crippen LogP contribution in [0, 0.1) is 5.92 Å². The van der Waals surface area contributed by atoms with Gasteiger partial charge in [0.15, 0.2) is 5.96 Å². The molecule has 2 saturated heterocycles. The molecular formula is C22H38N6O. The van der Waals surface area contributed by atoms with Crippen LogP contribution in [-0.4, -0.2) is 86.3 Å². The molecule has 2 unspecified atom stereocenters. The van der Waals surface area contributed by atoms with Gasteiger partial charge < -0.3 is 24.8 Å². The van der Waals surface area contributed by atoms with E-state index in [1.807, 2.05) is 13.2 Å². The summed E-state index contributed by atoms with van der Waals surface area (Å²) in [6.07, 6.45) is 3.41. The van der Waals surface area contributed by atoms with Crippen LogP contribution in [0.25, 0.3) is 0 Å². The summed E-state index contributed by atoms with van der Waals surface area (Å²) in [6.45, 7) is 15.6. The lowest BCUT2D eigenvalue weighted by Crippen LogP contribution is -2.42. The normalized spacial score (nSPS) is 23.1. The van der Waals surface area contributed by atoms with Crippen molar-refractivity contribution in [3.8, 4) is 0 Å². The van der Waals surface area contributed by atoms with Gasteiger partial charge in [0, 0.05) is 52.5 Å². The third-order valence-electron chi connectivity index (χ3n) is 6.03. The average molecular weight is 403 g/mol. The van der Waals surface area contributed by atoms with Gasteiger partial charge in [-0.2, -0.15) is 0 Å². The Morgan fingerprint density at radius 1 is 1.31 bits per heavy atom. The quantitative estimate of drug-likeness (QED) is 0.556. The number of likely N-dealkylation sites (tertiary alicyclic amines) is 1. The summed E-state index contributed by atoms with van der Waals surface area (Å²) in [4.78, 5) is 16.3. The van der Waals surface area contributed by atoms with Crippen molar-refractivity contribution in [1.29, 1.82) is 0 Å². The van der Waals surface area contributed by atoms with E-state index >= 15 is 0 Å². The number of hydrogen-bond acceptors (Lipinski definition) is 5. The molecule has 162 valence electrons. The maximum absolute atomic E-state index is 5.65. The molecule has 0 aromatic carbocycles. The molecule has 7 heteroatoms. The summed E-state index contributed by atoms with van der Waals surface area (Å²) in [5.74, 6) is 2.77. The second kappa shape index (κ2) is 10.8. The Balaban J connectivity index is 1.53. The standard InChI is InChI=1S/C22H38N6O/c1-5-26(6-2)16-20-8-10-28(17-20)22(23-4)25-14-19-7-9-24-21(13-19)27-11-12-29-18(3)15-27/h7,9,13,18,20H,5-6,8,10-12,14-17H2,1-4H3,(H,23,25). The number of aliphatic imine (C=N–C) groups is 1. The lowest BCUT2D eigenvalue weighted by Gasteiger charge is -2.32. The first-order chi connectivity index (χ1) is 14.1. The van der Waals surface area contributed by atoms with Crippen molar-refractivity contribution in [3.63, 3.8) is 0 Å². The number of hydrogen-bond donors (Lipinski definition) is 1. The van der Waals surface area contributed by atoms with E-state index in [0.717, 1.165) is 70.1 Å². The van der Waals surface area contributed by atoms with Gasteiger partial charge in [-0.05, 0) is 50.0 Å². The zero-order chi connectivity index (χ0) is 20.6. The van der Waals surface area contributed by atoms with E-state index in [0.29, 0.717) is 0 Å². The van der Waals surface area contributed by atoms with Crippen LogP contribution >= 0.6 is 0 Å². The molecule has 0 amide bonds. The van der Waals surface area contributed by atoms with Crippen LogP contribution < -0.4 is 10.2 Å². The lowest BCUT2D eigenvalue weighted by molar-refractivity contribution is 0.0529. The van der Waals surface area contributed by atoms with Gasteiger partial charge in [0.05, 0.1) is 12.7 Å². The molecule has 2 fully saturated rings. The first-order valence-electron chi connectivity index (χ1n) is 11.1. The minimum atomic E-state index is 0.255. The fourth-order valence-corrected chi connectivity index (χ4v) is 4.30. The maximum Gasteiger partial charge on any atom is 0.193 e. The number of anilines is 1. The van der Waals surface area contributed by atoms with Gasteiger partial charge in [0.2, 0.25) is 0 Å². The highest BCUT2D eigenvalue weighted by Gasteiger charge is 2.26. The molecule has 0 spiro atoms. The SMILES string of the molecule is CCN(CC)CC1CCN(C(=NC)NCc2ccnc(N3CCOC(C)C3)c2)C1. The lowest BCUT2D eigenvalue weighted by atomic mass is 10.1. The molecule has 2 aliphatic heterocycles. The van der Waals surface area contributed by atoms with E-state index in [2.05, 4.69) is 62.9 Å². The molecule has 2 aliphatic rings. The van der Waals surface area contributed by atoms with Gasteiger partial charge in [0.25, 0.3) is 0 Å². The molecule has 2 atom stereocenters. The Bertz CT molecular complexity index is 662. The summed E-state index contributed by atoms with van der Waals surface area (Å²) in [5, 5.41) is 3.56. The maximum atomic E-state index is 5.65. The van der Waals surface area contributed by atoms with Gasteiger partial charge >= 0.3 is 0 Å². The van der Waals surface area contributed by atoms with Crippen LogP contribution in [0.2, 0.25) is 0 Å². The highest BCUT2D eigenvalue weighted by Crippen LogP contribution is 2.19. The number of pyridine rings is 1. The minimum absolute atomic E-state index is 0.255. The molecule has 1 N–H and O–H groups in total. The van der Waals surface area contributed by atoms with Crippen LogP contribution in [0.5, 0.6) is 0 Å². The zero-order valence-electron chi connectivity index (χ0n) is 18.6. The van der Waals surface area contributed by atoms with Crippen molar-refractivity contribution >= 4 is 11.8 Å². The van der Waals surface area contributed by atoms with Crippen LogP contribution in [0.15, 0.2) is 23.3 Å².